The van der Waals surface area contributed by atoms with Crippen LogP contribution in [0.15, 0.2) is 66.7 Å². The Labute approximate surface area is 214 Å². The molecular formula is C27H32Cl2FN3O. The zero-order valence-corrected chi connectivity index (χ0v) is 21.2. The maximum absolute atomic E-state index is 14.0. The minimum atomic E-state index is -0.216. The highest BCUT2D eigenvalue weighted by atomic mass is 35.5. The van der Waals surface area contributed by atoms with E-state index in [0.29, 0.717) is 12.6 Å². The maximum atomic E-state index is 14.0. The predicted molar refractivity (Wildman–Crippen MR) is 143 cm³/mol. The largest absolute Gasteiger partial charge is 0.487 e. The average Bonchev–Trinajstić information content (AvgIpc) is 3.20. The van der Waals surface area contributed by atoms with Crippen molar-refractivity contribution in [2.24, 2.45) is 0 Å². The van der Waals surface area contributed by atoms with Crippen molar-refractivity contribution >= 4 is 41.9 Å². The Morgan fingerprint density at radius 2 is 1.74 bits per heavy atom. The van der Waals surface area contributed by atoms with E-state index >= 15 is 0 Å². The highest BCUT2D eigenvalue weighted by Crippen LogP contribution is 2.42. The molecule has 1 fully saturated rings. The number of benzene rings is 3. The number of ether oxygens (including phenoxy) is 1. The first kappa shape index (κ1) is 26.1. The Morgan fingerprint density at radius 1 is 0.971 bits per heavy atom. The van der Waals surface area contributed by atoms with Crippen molar-refractivity contribution in [1.82, 2.24) is 4.90 Å². The third kappa shape index (κ3) is 5.43. The van der Waals surface area contributed by atoms with Crippen molar-refractivity contribution in [3.05, 3.63) is 83.7 Å². The molecule has 3 aromatic carbocycles. The number of anilines is 3. The minimum absolute atomic E-state index is 0. The van der Waals surface area contributed by atoms with E-state index in [2.05, 4.69) is 59.1 Å². The van der Waals surface area contributed by atoms with Gasteiger partial charge in [-0.25, -0.2) is 4.39 Å². The molecule has 1 unspecified atom stereocenters. The second kappa shape index (κ2) is 11.3. The molecule has 0 N–H and O–H groups in total. The van der Waals surface area contributed by atoms with Crippen molar-refractivity contribution in [1.29, 1.82) is 0 Å². The monoisotopic (exact) mass is 503 g/mol. The number of nitrogens with zero attached hydrogens (tertiary/aromatic N) is 3. The van der Waals surface area contributed by atoms with Crippen LogP contribution >= 0.6 is 24.8 Å². The second-order valence-corrected chi connectivity index (χ2v) is 8.95. The summed E-state index contributed by atoms with van der Waals surface area (Å²) in [7, 11) is 4.13. The predicted octanol–water partition coefficient (Wildman–Crippen LogP) is 6.08. The first-order chi connectivity index (χ1) is 15.6. The van der Waals surface area contributed by atoms with Gasteiger partial charge in [0.1, 0.15) is 18.2 Å². The van der Waals surface area contributed by atoms with Crippen LogP contribution in [0.3, 0.4) is 0 Å². The SMILES string of the molecule is CN(C)c1ccc(CCN2CCC(N3c4ccc(F)cc4COc4ccccc43)C2)cc1.Cl.Cl. The molecule has 2 aliphatic heterocycles. The van der Waals surface area contributed by atoms with Crippen molar-refractivity contribution in [2.45, 2.75) is 25.5 Å². The Kier molecular flexibility index (Phi) is 8.69. The number of hydrogen-bond donors (Lipinski definition) is 0. The molecule has 0 bridgehead atoms. The number of para-hydroxylation sites is 2. The van der Waals surface area contributed by atoms with E-state index in [9.17, 15) is 4.39 Å². The van der Waals surface area contributed by atoms with E-state index < -0.39 is 0 Å². The zero-order valence-electron chi connectivity index (χ0n) is 19.6. The van der Waals surface area contributed by atoms with Gasteiger partial charge in [0.15, 0.2) is 0 Å². The van der Waals surface area contributed by atoms with Crippen LogP contribution < -0.4 is 14.5 Å². The van der Waals surface area contributed by atoms with Crippen LogP contribution in [0.25, 0.3) is 0 Å². The van der Waals surface area contributed by atoms with E-state index in [0.717, 1.165) is 55.2 Å². The minimum Gasteiger partial charge on any atom is -0.487 e. The lowest BCUT2D eigenvalue weighted by atomic mass is 10.1. The molecule has 0 radical (unpaired) electrons. The van der Waals surface area contributed by atoms with Crippen LogP contribution in [-0.4, -0.2) is 44.7 Å². The van der Waals surface area contributed by atoms with Crippen LogP contribution in [0.2, 0.25) is 0 Å². The number of rotatable bonds is 5. The number of likely N-dealkylation sites (tertiary alicyclic amines) is 1. The van der Waals surface area contributed by atoms with Crippen molar-refractivity contribution in [3.8, 4) is 5.75 Å². The van der Waals surface area contributed by atoms with Gasteiger partial charge in [-0.2, -0.15) is 0 Å². The summed E-state index contributed by atoms with van der Waals surface area (Å²) >= 11 is 0. The molecule has 34 heavy (non-hydrogen) atoms. The van der Waals surface area contributed by atoms with Gasteiger partial charge >= 0.3 is 0 Å². The first-order valence-electron chi connectivity index (χ1n) is 11.4. The van der Waals surface area contributed by atoms with Gasteiger partial charge in [0.25, 0.3) is 0 Å². The third-order valence-corrected chi connectivity index (χ3v) is 6.59. The number of hydrogen-bond acceptors (Lipinski definition) is 4. The van der Waals surface area contributed by atoms with Gasteiger partial charge in [-0.1, -0.05) is 24.3 Å². The quantitative estimate of drug-likeness (QED) is 0.419. The lowest BCUT2D eigenvalue weighted by molar-refractivity contribution is 0.310. The van der Waals surface area contributed by atoms with E-state index in [-0.39, 0.29) is 30.6 Å². The van der Waals surface area contributed by atoms with Crippen molar-refractivity contribution in [2.75, 3.05) is 43.5 Å². The summed E-state index contributed by atoms with van der Waals surface area (Å²) in [5.74, 6) is 0.648. The molecule has 5 rings (SSSR count). The molecule has 0 spiro atoms. The van der Waals surface area contributed by atoms with Crippen LogP contribution in [-0.2, 0) is 13.0 Å². The molecule has 7 heteroatoms. The summed E-state index contributed by atoms with van der Waals surface area (Å²) in [6.07, 6.45) is 2.12. The highest BCUT2D eigenvalue weighted by Gasteiger charge is 2.32. The van der Waals surface area contributed by atoms with Gasteiger partial charge in [0.05, 0.1) is 5.69 Å². The maximum Gasteiger partial charge on any atom is 0.143 e. The number of fused-ring (bicyclic) bond motifs is 2. The van der Waals surface area contributed by atoms with Crippen LogP contribution in [0.1, 0.15) is 17.5 Å². The smallest absolute Gasteiger partial charge is 0.143 e. The number of halogens is 3. The van der Waals surface area contributed by atoms with Crippen LogP contribution in [0.4, 0.5) is 21.5 Å². The summed E-state index contributed by atoms with van der Waals surface area (Å²) in [6.45, 7) is 3.48. The summed E-state index contributed by atoms with van der Waals surface area (Å²) in [6, 6.07) is 22.4. The fourth-order valence-corrected chi connectivity index (χ4v) is 4.84. The van der Waals surface area contributed by atoms with E-state index in [1.165, 1.54) is 11.3 Å². The van der Waals surface area contributed by atoms with Gasteiger partial charge in [-0.15, -0.1) is 24.8 Å². The average molecular weight is 504 g/mol. The summed E-state index contributed by atoms with van der Waals surface area (Å²) < 4.78 is 20.0. The fourth-order valence-electron chi connectivity index (χ4n) is 4.84. The van der Waals surface area contributed by atoms with E-state index in [4.69, 9.17) is 4.74 Å². The van der Waals surface area contributed by atoms with Crippen LogP contribution in [0.5, 0.6) is 5.75 Å². The molecule has 0 aliphatic carbocycles. The summed E-state index contributed by atoms with van der Waals surface area (Å²) in [4.78, 5) is 7.05. The Balaban J connectivity index is 0.00000162. The van der Waals surface area contributed by atoms with E-state index in [1.807, 2.05) is 24.3 Å². The molecule has 2 heterocycles. The van der Waals surface area contributed by atoms with Crippen molar-refractivity contribution in [3.63, 3.8) is 0 Å². The molecule has 0 amide bonds. The second-order valence-electron chi connectivity index (χ2n) is 8.95. The molecule has 2 aliphatic rings. The molecule has 4 nitrogen and oxygen atoms in total. The molecular weight excluding hydrogens is 472 g/mol. The Hall–Kier alpha value is -2.47. The van der Waals surface area contributed by atoms with E-state index in [1.54, 1.807) is 12.1 Å². The molecule has 1 atom stereocenters. The molecule has 182 valence electrons. The topological polar surface area (TPSA) is 19.0 Å². The van der Waals surface area contributed by atoms with Gasteiger partial charge in [-0.3, -0.25) is 0 Å². The fraction of sp³-hybridized carbons (Fsp3) is 0.333. The Morgan fingerprint density at radius 3 is 2.50 bits per heavy atom. The van der Waals surface area contributed by atoms with Gasteiger partial charge in [0.2, 0.25) is 0 Å². The first-order valence-corrected chi connectivity index (χ1v) is 11.4. The summed E-state index contributed by atoms with van der Waals surface area (Å²) in [5, 5.41) is 0. The standard InChI is InChI=1S/C27H30FN3O.2ClH/c1-29(2)23-10-7-20(8-11-23)13-15-30-16-14-24(18-30)31-25-12-9-22(28)17-21(25)19-32-27-6-4-3-5-26(27)31;;/h3-12,17,24H,13-16,18-19H2,1-2H3;2*1H. The zero-order chi connectivity index (χ0) is 22.1. The lowest BCUT2D eigenvalue weighted by Crippen LogP contribution is -2.35. The van der Waals surface area contributed by atoms with Gasteiger partial charge < -0.3 is 19.4 Å². The Bertz CT molecular complexity index is 1090. The molecule has 0 aromatic heterocycles. The van der Waals surface area contributed by atoms with Crippen molar-refractivity contribution < 1.29 is 9.13 Å². The highest BCUT2D eigenvalue weighted by molar-refractivity contribution is 5.85. The molecule has 3 aromatic rings. The third-order valence-electron chi connectivity index (χ3n) is 6.59. The molecule has 1 saturated heterocycles. The lowest BCUT2D eigenvalue weighted by Gasteiger charge is -2.32. The normalized spacial score (nSPS) is 16.9. The van der Waals surface area contributed by atoms with Gasteiger partial charge in [-0.05, 0) is 60.9 Å². The molecule has 0 saturated carbocycles. The summed E-state index contributed by atoms with van der Waals surface area (Å²) in [5.41, 5.74) is 5.63. The van der Waals surface area contributed by atoms with Crippen LogP contribution in [0, 0.1) is 5.82 Å². The van der Waals surface area contributed by atoms with Gasteiger partial charge in [0, 0.05) is 56.7 Å².